The van der Waals surface area contributed by atoms with E-state index in [2.05, 4.69) is 20.5 Å². The summed E-state index contributed by atoms with van der Waals surface area (Å²) in [5.41, 5.74) is -0.427. The fraction of sp³-hybridized carbons (Fsp3) is 0.400. The highest BCUT2D eigenvalue weighted by Crippen LogP contribution is 2.24. The van der Waals surface area contributed by atoms with Crippen LogP contribution in [-0.2, 0) is 14.6 Å². The molecular weight excluding hydrogens is 367 g/mol. The van der Waals surface area contributed by atoms with E-state index >= 15 is 0 Å². The van der Waals surface area contributed by atoms with E-state index in [0.29, 0.717) is 17.1 Å². The Hall–Kier alpha value is -1.94. The first-order valence-corrected chi connectivity index (χ1v) is 10.4. The summed E-state index contributed by atoms with van der Waals surface area (Å²) in [6.45, 7) is 1.73. The zero-order valence-electron chi connectivity index (χ0n) is 13.5. The number of benzene rings is 1. The number of aromatic nitrogens is 3. The second kappa shape index (κ2) is 6.75. The van der Waals surface area contributed by atoms with Crippen molar-refractivity contribution in [2.24, 2.45) is 0 Å². The van der Waals surface area contributed by atoms with E-state index in [4.69, 9.17) is 0 Å². The molecule has 1 aliphatic heterocycles. The molecule has 0 aliphatic carbocycles. The van der Waals surface area contributed by atoms with Gasteiger partial charge < -0.3 is 5.32 Å². The highest BCUT2D eigenvalue weighted by molar-refractivity contribution is 7.99. The fourth-order valence-electron chi connectivity index (χ4n) is 2.70. The van der Waals surface area contributed by atoms with E-state index < -0.39 is 21.2 Å². The minimum Gasteiger partial charge on any atom is -0.349 e. The zero-order valence-corrected chi connectivity index (χ0v) is 15.1. The molecule has 0 saturated carbocycles. The van der Waals surface area contributed by atoms with Gasteiger partial charge in [0.1, 0.15) is 5.82 Å². The molecule has 134 valence electrons. The SMILES string of the molecule is C[C@]1(NC(=O)CSc2n[nH]c(-c3ccccc3F)n2)CCS(=O)(=O)C1. The Morgan fingerprint density at radius 1 is 1.44 bits per heavy atom. The summed E-state index contributed by atoms with van der Waals surface area (Å²) in [6.07, 6.45) is 0.407. The van der Waals surface area contributed by atoms with Crippen molar-refractivity contribution in [2.75, 3.05) is 17.3 Å². The number of sulfone groups is 1. The maximum atomic E-state index is 13.7. The molecule has 2 aromatic rings. The molecule has 1 aromatic carbocycles. The van der Waals surface area contributed by atoms with Crippen LogP contribution in [0.1, 0.15) is 13.3 Å². The lowest BCUT2D eigenvalue weighted by molar-refractivity contribution is -0.120. The van der Waals surface area contributed by atoms with Gasteiger partial charge in [-0.25, -0.2) is 17.8 Å². The van der Waals surface area contributed by atoms with E-state index in [0.717, 1.165) is 11.8 Å². The van der Waals surface area contributed by atoms with E-state index in [1.807, 2.05) is 0 Å². The van der Waals surface area contributed by atoms with Gasteiger partial charge in [-0.05, 0) is 25.5 Å². The van der Waals surface area contributed by atoms with Crippen LogP contribution in [0.25, 0.3) is 11.4 Å². The maximum absolute atomic E-state index is 13.7. The lowest BCUT2D eigenvalue weighted by Crippen LogP contribution is -2.47. The molecule has 3 rings (SSSR count). The predicted octanol–water partition coefficient (Wildman–Crippen LogP) is 1.40. The average Bonchev–Trinajstić information content (AvgIpc) is 3.10. The third-order valence-corrected chi connectivity index (χ3v) is 6.62. The normalized spacial score (nSPS) is 22.0. The second-order valence-electron chi connectivity index (χ2n) is 6.19. The Kier molecular flexibility index (Phi) is 4.83. The molecule has 0 unspecified atom stereocenters. The van der Waals surface area contributed by atoms with Crippen molar-refractivity contribution in [2.45, 2.75) is 24.0 Å². The summed E-state index contributed by atoms with van der Waals surface area (Å²) in [6, 6.07) is 6.18. The number of carbonyl (C=O) groups excluding carboxylic acids is 1. The molecule has 1 aromatic heterocycles. The quantitative estimate of drug-likeness (QED) is 0.755. The lowest BCUT2D eigenvalue weighted by Gasteiger charge is -2.23. The lowest BCUT2D eigenvalue weighted by atomic mass is 10.0. The molecule has 0 spiro atoms. The number of amides is 1. The van der Waals surface area contributed by atoms with Crippen molar-refractivity contribution in [3.63, 3.8) is 0 Å². The molecule has 10 heteroatoms. The first-order chi connectivity index (χ1) is 11.8. The van der Waals surface area contributed by atoms with Crippen molar-refractivity contribution >= 4 is 27.5 Å². The van der Waals surface area contributed by atoms with Crippen LogP contribution in [-0.4, -0.2) is 52.3 Å². The van der Waals surface area contributed by atoms with Crippen molar-refractivity contribution in [3.05, 3.63) is 30.1 Å². The monoisotopic (exact) mass is 384 g/mol. The number of nitrogens with zero attached hydrogens (tertiary/aromatic N) is 2. The van der Waals surface area contributed by atoms with Crippen molar-refractivity contribution < 1.29 is 17.6 Å². The van der Waals surface area contributed by atoms with Crippen molar-refractivity contribution in [1.82, 2.24) is 20.5 Å². The van der Waals surface area contributed by atoms with Gasteiger partial charge in [-0.1, -0.05) is 23.9 Å². The van der Waals surface area contributed by atoms with Gasteiger partial charge in [0.25, 0.3) is 0 Å². The van der Waals surface area contributed by atoms with Crippen LogP contribution in [0.2, 0.25) is 0 Å². The molecular formula is C15H17FN4O3S2. The summed E-state index contributed by atoms with van der Waals surface area (Å²) in [7, 11) is -3.08. The highest BCUT2D eigenvalue weighted by Gasteiger charge is 2.39. The standard InChI is InChI=1S/C15H17FN4O3S2/c1-15(6-7-25(22,23)9-15)18-12(21)8-24-14-17-13(19-20-14)10-4-2-3-5-11(10)16/h2-5H,6-9H2,1H3,(H,18,21)(H,17,19,20)/t15-/m0/s1. The first-order valence-electron chi connectivity index (χ1n) is 7.58. The molecule has 1 fully saturated rings. The number of rotatable bonds is 5. The number of aromatic amines is 1. The van der Waals surface area contributed by atoms with E-state index in [1.54, 1.807) is 25.1 Å². The fourth-order valence-corrected chi connectivity index (χ4v) is 5.39. The van der Waals surface area contributed by atoms with Crippen LogP contribution in [0.5, 0.6) is 0 Å². The van der Waals surface area contributed by atoms with Gasteiger partial charge in [0, 0.05) is 0 Å². The average molecular weight is 384 g/mol. The topological polar surface area (TPSA) is 105 Å². The largest absolute Gasteiger partial charge is 0.349 e. The van der Waals surface area contributed by atoms with E-state index in [1.165, 1.54) is 6.07 Å². The van der Waals surface area contributed by atoms with E-state index in [9.17, 15) is 17.6 Å². The smallest absolute Gasteiger partial charge is 0.230 e. The van der Waals surface area contributed by atoms with E-state index in [-0.39, 0.29) is 29.0 Å². The van der Waals surface area contributed by atoms with Crippen LogP contribution < -0.4 is 5.32 Å². The van der Waals surface area contributed by atoms with Gasteiger partial charge in [-0.3, -0.25) is 9.89 Å². The van der Waals surface area contributed by atoms with Crippen molar-refractivity contribution in [3.8, 4) is 11.4 Å². The number of halogens is 1. The molecule has 2 heterocycles. The highest BCUT2D eigenvalue weighted by atomic mass is 32.2. The Bertz CT molecular complexity index is 900. The molecule has 1 amide bonds. The van der Waals surface area contributed by atoms with Gasteiger partial charge in [-0.15, -0.1) is 5.10 Å². The van der Waals surface area contributed by atoms with Crippen molar-refractivity contribution in [1.29, 1.82) is 0 Å². The molecule has 25 heavy (non-hydrogen) atoms. The molecule has 1 aliphatic rings. The number of hydrogen-bond acceptors (Lipinski definition) is 6. The van der Waals surface area contributed by atoms with Crippen LogP contribution in [0, 0.1) is 5.82 Å². The Morgan fingerprint density at radius 2 is 2.20 bits per heavy atom. The number of H-pyrrole nitrogens is 1. The van der Waals surface area contributed by atoms with Gasteiger partial charge in [0.05, 0.1) is 28.4 Å². The maximum Gasteiger partial charge on any atom is 0.230 e. The minimum atomic E-state index is -3.08. The van der Waals surface area contributed by atoms with Gasteiger partial charge in [-0.2, -0.15) is 0 Å². The number of carbonyl (C=O) groups is 1. The van der Waals surface area contributed by atoms with Crippen LogP contribution >= 0.6 is 11.8 Å². The van der Waals surface area contributed by atoms with Crippen LogP contribution in [0.4, 0.5) is 4.39 Å². The third kappa shape index (κ3) is 4.37. The Morgan fingerprint density at radius 3 is 2.88 bits per heavy atom. The number of thioether (sulfide) groups is 1. The number of hydrogen-bond donors (Lipinski definition) is 2. The minimum absolute atomic E-state index is 0.0458. The van der Waals surface area contributed by atoms with Gasteiger partial charge in [0.15, 0.2) is 15.7 Å². The molecule has 1 saturated heterocycles. The second-order valence-corrected chi connectivity index (χ2v) is 9.31. The Labute approximate surface area is 148 Å². The summed E-state index contributed by atoms with van der Waals surface area (Å²) in [5, 5.41) is 9.69. The molecule has 7 nitrogen and oxygen atoms in total. The summed E-state index contributed by atoms with van der Waals surface area (Å²) < 4.78 is 36.8. The summed E-state index contributed by atoms with van der Waals surface area (Å²) >= 11 is 1.09. The molecule has 0 radical (unpaired) electrons. The molecule has 1 atom stereocenters. The summed E-state index contributed by atoms with van der Waals surface area (Å²) in [5.74, 6) is -0.331. The zero-order chi connectivity index (χ0) is 18.1. The number of nitrogens with one attached hydrogen (secondary N) is 2. The van der Waals surface area contributed by atoms with Gasteiger partial charge >= 0.3 is 0 Å². The van der Waals surface area contributed by atoms with Gasteiger partial charge in [0.2, 0.25) is 11.1 Å². The van der Waals surface area contributed by atoms with Crippen LogP contribution in [0.15, 0.2) is 29.4 Å². The third-order valence-electron chi connectivity index (χ3n) is 3.87. The summed E-state index contributed by atoms with van der Waals surface area (Å²) in [4.78, 5) is 16.2. The first kappa shape index (κ1) is 17.9. The Balaban J connectivity index is 1.58. The molecule has 0 bridgehead atoms. The van der Waals surface area contributed by atoms with Crippen LogP contribution in [0.3, 0.4) is 0 Å². The molecule has 2 N–H and O–H groups in total. The predicted molar refractivity (Wildman–Crippen MR) is 92.3 cm³/mol.